The molecular weight excluding hydrogens is 278 g/mol. The zero-order valence-corrected chi connectivity index (χ0v) is 12.7. The van der Waals surface area contributed by atoms with Crippen molar-refractivity contribution in [3.63, 3.8) is 0 Å². The highest BCUT2D eigenvalue weighted by molar-refractivity contribution is 7.15. The second kappa shape index (κ2) is 5.68. The SMILES string of the molecule is Cc1nc(C)c(-c2c(C(=O)O)nnn2CCN(C)C)s1. The first-order chi connectivity index (χ1) is 9.40. The highest BCUT2D eigenvalue weighted by Crippen LogP contribution is 2.31. The summed E-state index contributed by atoms with van der Waals surface area (Å²) in [5, 5.41) is 17.9. The minimum Gasteiger partial charge on any atom is -0.476 e. The molecule has 20 heavy (non-hydrogen) atoms. The van der Waals surface area contributed by atoms with Crippen molar-refractivity contribution in [1.29, 1.82) is 0 Å². The van der Waals surface area contributed by atoms with Crippen LogP contribution < -0.4 is 0 Å². The van der Waals surface area contributed by atoms with Crippen LogP contribution in [0, 0.1) is 13.8 Å². The minimum absolute atomic E-state index is 0.0180. The van der Waals surface area contributed by atoms with Crippen molar-refractivity contribution >= 4 is 17.3 Å². The van der Waals surface area contributed by atoms with E-state index < -0.39 is 5.97 Å². The molecule has 2 aromatic heterocycles. The Morgan fingerprint density at radius 1 is 1.40 bits per heavy atom. The van der Waals surface area contributed by atoms with E-state index in [1.807, 2.05) is 32.8 Å². The van der Waals surface area contributed by atoms with E-state index in [4.69, 9.17) is 0 Å². The van der Waals surface area contributed by atoms with Crippen molar-refractivity contribution in [2.24, 2.45) is 0 Å². The predicted molar refractivity (Wildman–Crippen MR) is 76.1 cm³/mol. The van der Waals surface area contributed by atoms with Gasteiger partial charge in [0.2, 0.25) is 0 Å². The van der Waals surface area contributed by atoms with Crippen molar-refractivity contribution < 1.29 is 9.90 Å². The number of hydrogen-bond acceptors (Lipinski definition) is 6. The number of aromatic carboxylic acids is 1. The molecule has 0 atom stereocenters. The van der Waals surface area contributed by atoms with E-state index >= 15 is 0 Å². The van der Waals surface area contributed by atoms with Crippen LogP contribution in [0.2, 0.25) is 0 Å². The van der Waals surface area contributed by atoms with Crippen molar-refractivity contribution in [2.75, 3.05) is 20.6 Å². The Morgan fingerprint density at radius 3 is 2.60 bits per heavy atom. The number of aromatic nitrogens is 4. The molecule has 0 fully saturated rings. The molecule has 8 heteroatoms. The van der Waals surface area contributed by atoms with E-state index in [1.165, 1.54) is 11.3 Å². The molecule has 0 spiro atoms. The lowest BCUT2D eigenvalue weighted by Crippen LogP contribution is -2.19. The van der Waals surface area contributed by atoms with Gasteiger partial charge in [0.15, 0.2) is 5.69 Å². The number of thiazole rings is 1. The van der Waals surface area contributed by atoms with Crippen LogP contribution in [0.4, 0.5) is 0 Å². The summed E-state index contributed by atoms with van der Waals surface area (Å²) in [5.74, 6) is -1.07. The van der Waals surface area contributed by atoms with Gasteiger partial charge in [-0.2, -0.15) is 0 Å². The zero-order chi connectivity index (χ0) is 14.9. The smallest absolute Gasteiger partial charge is 0.358 e. The fraction of sp³-hybridized carbons (Fsp3) is 0.500. The average molecular weight is 295 g/mol. The number of hydrogen-bond donors (Lipinski definition) is 1. The summed E-state index contributed by atoms with van der Waals surface area (Å²) in [7, 11) is 3.91. The highest BCUT2D eigenvalue weighted by Gasteiger charge is 2.23. The van der Waals surface area contributed by atoms with Gasteiger partial charge in [-0.3, -0.25) is 0 Å². The Morgan fingerprint density at radius 2 is 2.10 bits per heavy atom. The van der Waals surface area contributed by atoms with Crippen LogP contribution in [0.3, 0.4) is 0 Å². The average Bonchev–Trinajstić information content (AvgIpc) is 2.89. The normalized spacial score (nSPS) is 11.2. The van der Waals surface area contributed by atoms with E-state index in [9.17, 15) is 9.90 Å². The lowest BCUT2D eigenvalue weighted by Gasteiger charge is -2.10. The predicted octanol–water partition coefficient (Wildman–Crippen LogP) is 1.28. The molecular formula is C12H17N5O2S. The molecule has 2 rings (SSSR count). The van der Waals surface area contributed by atoms with Gasteiger partial charge in [-0.05, 0) is 27.9 Å². The van der Waals surface area contributed by atoms with Gasteiger partial charge in [-0.15, -0.1) is 16.4 Å². The summed E-state index contributed by atoms with van der Waals surface area (Å²) in [4.78, 5) is 18.5. The van der Waals surface area contributed by atoms with E-state index in [2.05, 4.69) is 15.3 Å². The van der Waals surface area contributed by atoms with Gasteiger partial charge in [0.05, 0.1) is 22.1 Å². The summed E-state index contributed by atoms with van der Waals surface area (Å²) in [6, 6.07) is 0. The Labute approximate surface area is 120 Å². The second-order valence-electron chi connectivity index (χ2n) is 4.77. The molecule has 0 saturated heterocycles. The number of likely N-dealkylation sites (N-methyl/N-ethyl adjacent to an activating group) is 1. The van der Waals surface area contributed by atoms with Crippen molar-refractivity contribution in [3.8, 4) is 10.6 Å². The van der Waals surface area contributed by atoms with Crippen molar-refractivity contribution in [1.82, 2.24) is 24.9 Å². The van der Waals surface area contributed by atoms with Crippen LogP contribution in [0.5, 0.6) is 0 Å². The van der Waals surface area contributed by atoms with Crippen LogP contribution in [-0.2, 0) is 6.54 Å². The second-order valence-corrected chi connectivity index (χ2v) is 5.97. The summed E-state index contributed by atoms with van der Waals surface area (Å²) in [5.41, 5.74) is 1.33. The summed E-state index contributed by atoms with van der Waals surface area (Å²) in [6.07, 6.45) is 0. The fourth-order valence-electron chi connectivity index (χ4n) is 1.88. The molecule has 0 amide bonds. The molecule has 0 aliphatic carbocycles. The Kier molecular flexibility index (Phi) is 4.15. The quantitative estimate of drug-likeness (QED) is 0.894. The van der Waals surface area contributed by atoms with Crippen LogP contribution in [0.1, 0.15) is 21.2 Å². The Bertz CT molecular complexity index is 632. The summed E-state index contributed by atoms with van der Waals surface area (Å²) in [6.45, 7) is 5.11. The van der Waals surface area contributed by atoms with Crippen LogP contribution in [-0.4, -0.2) is 56.6 Å². The summed E-state index contributed by atoms with van der Waals surface area (Å²) < 4.78 is 1.64. The first-order valence-electron chi connectivity index (χ1n) is 6.16. The topological polar surface area (TPSA) is 84.1 Å². The molecule has 7 nitrogen and oxygen atoms in total. The molecule has 0 aliphatic rings. The van der Waals surface area contributed by atoms with E-state index in [0.717, 1.165) is 22.1 Å². The molecule has 1 N–H and O–H groups in total. The third kappa shape index (κ3) is 2.86. The molecule has 108 valence electrons. The number of carbonyl (C=O) groups is 1. The maximum Gasteiger partial charge on any atom is 0.358 e. The number of aryl methyl sites for hydroxylation is 2. The maximum absolute atomic E-state index is 11.3. The molecule has 2 heterocycles. The monoisotopic (exact) mass is 295 g/mol. The van der Waals surface area contributed by atoms with Crippen molar-refractivity contribution in [3.05, 3.63) is 16.4 Å². The lowest BCUT2D eigenvalue weighted by molar-refractivity contribution is 0.0691. The molecule has 0 bridgehead atoms. The van der Waals surface area contributed by atoms with Crippen LogP contribution in [0.25, 0.3) is 10.6 Å². The first-order valence-corrected chi connectivity index (χ1v) is 6.97. The highest BCUT2D eigenvalue weighted by atomic mass is 32.1. The van der Waals surface area contributed by atoms with Crippen molar-refractivity contribution in [2.45, 2.75) is 20.4 Å². The minimum atomic E-state index is -1.07. The largest absolute Gasteiger partial charge is 0.476 e. The third-order valence-corrected chi connectivity index (χ3v) is 3.89. The van der Waals surface area contributed by atoms with Gasteiger partial charge in [-0.25, -0.2) is 14.5 Å². The molecule has 0 radical (unpaired) electrons. The van der Waals surface area contributed by atoms with Gasteiger partial charge in [-0.1, -0.05) is 5.21 Å². The molecule has 0 unspecified atom stereocenters. The number of carboxylic acid groups (broad SMARTS) is 1. The third-order valence-electron chi connectivity index (χ3n) is 2.82. The first kappa shape index (κ1) is 14.6. The Hall–Kier alpha value is -1.80. The maximum atomic E-state index is 11.3. The van der Waals surface area contributed by atoms with Gasteiger partial charge in [0.1, 0.15) is 5.69 Å². The lowest BCUT2D eigenvalue weighted by atomic mass is 10.2. The molecule has 2 aromatic rings. The number of nitrogens with zero attached hydrogens (tertiary/aromatic N) is 5. The number of rotatable bonds is 5. The Balaban J connectivity index is 2.50. The summed E-state index contributed by atoms with van der Waals surface area (Å²) >= 11 is 1.46. The van der Waals surface area contributed by atoms with Gasteiger partial charge < -0.3 is 10.0 Å². The van der Waals surface area contributed by atoms with Gasteiger partial charge in [0, 0.05) is 6.54 Å². The number of carboxylic acids is 1. The van der Waals surface area contributed by atoms with E-state index in [1.54, 1.807) is 4.68 Å². The fourth-order valence-corrected chi connectivity index (χ4v) is 2.85. The standard InChI is InChI=1S/C12H17N5O2S/c1-7-11(20-8(2)13-7)10-9(12(18)19)14-15-17(10)6-5-16(3)4/h5-6H2,1-4H3,(H,18,19). The van der Waals surface area contributed by atoms with Gasteiger partial charge in [0.25, 0.3) is 0 Å². The van der Waals surface area contributed by atoms with E-state index in [-0.39, 0.29) is 5.69 Å². The van der Waals surface area contributed by atoms with Crippen LogP contribution in [0.15, 0.2) is 0 Å². The molecule has 0 aromatic carbocycles. The zero-order valence-electron chi connectivity index (χ0n) is 11.9. The molecule has 0 saturated carbocycles. The van der Waals surface area contributed by atoms with E-state index in [0.29, 0.717) is 12.2 Å². The van der Waals surface area contributed by atoms with Gasteiger partial charge >= 0.3 is 5.97 Å². The van der Waals surface area contributed by atoms with Crippen LogP contribution >= 0.6 is 11.3 Å². The molecule has 0 aliphatic heterocycles.